The molecule has 0 bridgehead atoms. The van der Waals surface area contributed by atoms with E-state index in [4.69, 9.17) is 0 Å². The summed E-state index contributed by atoms with van der Waals surface area (Å²) in [6, 6.07) is 85.8. The van der Waals surface area contributed by atoms with Gasteiger partial charge in [-0.3, -0.25) is 0 Å². The van der Waals surface area contributed by atoms with Gasteiger partial charge in [0, 0.05) is 0 Å². The molecule has 0 spiro atoms. The molecule has 0 fully saturated rings. The van der Waals surface area contributed by atoms with E-state index >= 15 is 0 Å². The zero-order valence-corrected chi connectivity index (χ0v) is 37.5. The summed E-state index contributed by atoms with van der Waals surface area (Å²) in [5, 5.41) is 0. The summed E-state index contributed by atoms with van der Waals surface area (Å²) >= 11 is -0.431. The first-order valence-electron chi connectivity index (χ1n) is 17.3. The topological polar surface area (TPSA) is 0 Å². The van der Waals surface area contributed by atoms with E-state index in [1.54, 1.807) is 0 Å². The van der Waals surface area contributed by atoms with E-state index in [0.29, 0.717) is 0 Å². The first kappa shape index (κ1) is 39.1. The Morgan fingerprint density at radius 3 is 0.327 bits per heavy atom. The average molecular weight is 907 g/mol. The maximum absolute atomic E-state index is 2.22. The molecule has 0 saturated carbocycles. The molecule has 0 nitrogen and oxygen atoms in total. The van der Waals surface area contributed by atoms with Gasteiger partial charge < -0.3 is 0 Å². The Bertz CT molecular complexity index is 1570. The van der Waals surface area contributed by atoms with Crippen molar-refractivity contribution in [3.05, 3.63) is 243 Å². The van der Waals surface area contributed by atoms with Crippen LogP contribution in [0.2, 0.25) is 0 Å². The van der Waals surface area contributed by atoms with Crippen LogP contribution in [0.3, 0.4) is 0 Å². The minimum atomic E-state index is -0.108. The van der Waals surface area contributed by atoms with E-state index in [9.17, 15) is 0 Å². The van der Waals surface area contributed by atoms with Gasteiger partial charge in [0.05, 0.1) is 0 Å². The van der Waals surface area contributed by atoms with Crippen molar-refractivity contribution in [3.63, 3.8) is 0 Å². The molecule has 0 heterocycles. The van der Waals surface area contributed by atoms with E-state index < -0.39 is 0 Å². The van der Waals surface area contributed by atoms with Crippen molar-refractivity contribution in [3.8, 4) is 0 Å². The average Bonchev–Trinajstić information content (AvgIpc) is 3.22. The van der Waals surface area contributed by atoms with Crippen LogP contribution >= 0.6 is 0 Å². The molecule has 8 rings (SSSR count). The van der Waals surface area contributed by atoms with Crippen LogP contribution in [0.25, 0.3) is 0 Å². The van der Waals surface area contributed by atoms with Crippen LogP contribution in [0.4, 0.5) is 0 Å². The fraction of sp³-hybridized carbons (Fsp3) is 0. The standard InChI is InChI=1S/4C12H10Ge/c4*1-3-7-11(8-4-1)13-12-9-5-2-6-10-12/h4*1-10H. The fourth-order valence-corrected chi connectivity index (χ4v) is 13.7. The van der Waals surface area contributed by atoms with Gasteiger partial charge in [0.15, 0.2) is 0 Å². The van der Waals surface area contributed by atoms with Crippen LogP contribution in [0.1, 0.15) is 0 Å². The first-order valence-corrected chi connectivity index (χ1v) is 25.7. The molecule has 8 radical (unpaired) electrons. The Hall–Kier alpha value is -4.07. The van der Waals surface area contributed by atoms with Crippen LogP contribution < -0.4 is 35.2 Å². The van der Waals surface area contributed by atoms with Crippen molar-refractivity contribution in [1.82, 2.24) is 0 Å². The van der Waals surface area contributed by atoms with Gasteiger partial charge in [0.1, 0.15) is 0 Å². The second kappa shape index (κ2) is 24.2. The molecule has 8 aromatic rings. The summed E-state index contributed by atoms with van der Waals surface area (Å²) in [6.45, 7) is 0. The second-order valence-electron chi connectivity index (χ2n) is 11.4. The third-order valence-electron chi connectivity index (χ3n) is 7.35. The van der Waals surface area contributed by atoms with Gasteiger partial charge in [-0.1, -0.05) is 0 Å². The SMILES string of the molecule is c1cc[c]([Ge][c]2ccccc2)cc1.c1cc[c]([Ge][c]2ccccc2)cc1.c1cc[c]([Ge][c]2ccccc2)cc1.c1cc[c]([Ge][c]2ccccc2)cc1. The molecule has 52 heavy (non-hydrogen) atoms. The maximum atomic E-state index is 2.22. The van der Waals surface area contributed by atoms with Crippen molar-refractivity contribution in [2.75, 3.05) is 0 Å². The Balaban J connectivity index is 0.000000134. The number of rotatable bonds is 8. The summed E-state index contributed by atoms with van der Waals surface area (Å²) < 4.78 is 12.0. The Morgan fingerprint density at radius 2 is 0.231 bits per heavy atom. The Labute approximate surface area is 336 Å². The molecular weight excluding hydrogens is 867 g/mol. The van der Waals surface area contributed by atoms with Gasteiger partial charge in [0.25, 0.3) is 0 Å². The van der Waals surface area contributed by atoms with Crippen molar-refractivity contribution < 1.29 is 0 Å². The van der Waals surface area contributed by atoms with Crippen LogP contribution in [0.5, 0.6) is 0 Å². The summed E-state index contributed by atoms with van der Waals surface area (Å²) in [7, 11) is 0. The van der Waals surface area contributed by atoms with Gasteiger partial charge in [-0.05, 0) is 0 Å². The predicted molar refractivity (Wildman–Crippen MR) is 232 cm³/mol. The van der Waals surface area contributed by atoms with Crippen LogP contribution in [-0.4, -0.2) is 61.7 Å². The molecule has 0 aliphatic rings. The van der Waals surface area contributed by atoms with Gasteiger partial charge in [-0.15, -0.1) is 0 Å². The van der Waals surface area contributed by atoms with Gasteiger partial charge >= 0.3 is 340 Å². The van der Waals surface area contributed by atoms with Crippen LogP contribution in [0, 0.1) is 0 Å². The van der Waals surface area contributed by atoms with E-state index in [1.165, 1.54) is 35.2 Å². The molecule has 0 amide bonds. The molecular formula is C48H40Ge4. The van der Waals surface area contributed by atoms with E-state index in [0.717, 1.165) is 0 Å². The normalized spacial score (nSPS) is 9.85. The van der Waals surface area contributed by atoms with Crippen LogP contribution in [-0.2, 0) is 0 Å². The molecule has 8 aromatic carbocycles. The van der Waals surface area contributed by atoms with Gasteiger partial charge in [-0.25, -0.2) is 0 Å². The number of hydrogen-bond donors (Lipinski definition) is 0. The molecule has 0 unspecified atom stereocenters. The third kappa shape index (κ3) is 16.1. The molecule has 0 aliphatic carbocycles. The quantitative estimate of drug-likeness (QED) is 0.180. The van der Waals surface area contributed by atoms with Crippen molar-refractivity contribution in [2.24, 2.45) is 0 Å². The van der Waals surface area contributed by atoms with Gasteiger partial charge in [-0.2, -0.15) is 0 Å². The van der Waals surface area contributed by atoms with Crippen molar-refractivity contribution in [1.29, 1.82) is 0 Å². The van der Waals surface area contributed by atoms with Crippen molar-refractivity contribution >= 4 is 96.9 Å². The molecule has 4 heteroatoms. The molecule has 0 aliphatic heterocycles. The first-order chi connectivity index (χ1) is 25.8. The van der Waals surface area contributed by atoms with E-state index in [-0.39, 0.29) is 61.7 Å². The van der Waals surface area contributed by atoms with Gasteiger partial charge in [0.2, 0.25) is 0 Å². The molecule has 0 N–H and O–H groups in total. The third-order valence-corrected chi connectivity index (χ3v) is 17.8. The molecule has 0 saturated heterocycles. The second-order valence-corrected chi connectivity index (χ2v) is 23.2. The summed E-state index contributed by atoms with van der Waals surface area (Å²) in [6.07, 6.45) is 0. The zero-order valence-electron chi connectivity index (χ0n) is 29.1. The number of hydrogen-bond acceptors (Lipinski definition) is 0. The number of benzene rings is 8. The summed E-state index contributed by atoms with van der Waals surface area (Å²) in [5.41, 5.74) is 0. The fourth-order valence-electron chi connectivity index (χ4n) is 4.84. The minimum absolute atomic E-state index is 0.108. The molecule has 248 valence electrons. The van der Waals surface area contributed by atoms with E-state index in [2.05, 4.69) is 243 Å². The zero-order chi connectivity index (χ0) is 35.7. The predicted octanol–water partition coefficient (Wildman–Crippen LogP) is 5.37. The Kier molecular flexibility index (Phi) is 18.2. The van der Waals surface area contributed by atoms with Crippen molar-refractivity contribution in [2.45, 2.75) is 0 Å². The summed E-state index contributed by atoms with van der Waals surface area (Å²) in [5.74, 6) is 0. The van der Waals surface area contributed by atoms with E-state index in [1.807, 2.05) is 0 Å². The van der Waals surface area contributed by atoms with Crippen LogP contribution in [0.15, 0.2) is 243 Å². The molecule has 0 aromatic heterocycles. The summed E-state index contributed by atoms with van der Waals surface area (Å²) in [4.78, 5) is 0. The Morgan fingerprint density at radius 1 is 0.135 bits per heavy atom. The monoisotopic (exact) mass is 912 g/mol. The molecule has 0 atom stereocenters.